The fraction of sp³-hybridized carbons (Fsp3) is 0.625. The van der Waals surface area contributed by atoms with Crippen molar-refractivity contribution in [1.29, 1.82) is 0 Å². The van der Waals surface area contributed by atoms with Crippen molar-refractivity contribution in [2.24, 2.45) is 5.84 Å². The minimum Gasteiger partial charge on any atom is -0.383 e. The normalized spacial score (nSPS) is 13.6. The molecular formula is C16H28N2O. The second-order valence-electron chi connectivity index (χ2n) is 6.36. The van der Waals surface area contributed by atoms with E-state index in [2.05, 4.69) is 52.2 Å². The van der Waals surface area contributed by atoms with Crippen molar-refractivity contribution in [1.82, 2.24) is 5.43 Å². The highest BCUT2D eigenvalue weighted by atomic mass is 16.5. The Balaban J connectivity index is 3.03. The summed E-state index contributed by atoms with van der Waals surface area (Å²) in [5.41, 5.74) is 8.43. The van der Waals surface area contributed by atoms with E-state index in [9.17, 15) is 0 Å². The second-order valence-corrected chi connectivity index (χ2v) is 6.36. The van der Waals surface area contributed by atoms with Gasteiger partial charge < -0.3 is 4.74 Å². The monoisotopic (exact) mass is 264 g/mol. The molecule has 3 heteroatoms. The first-order chi connectivity index (χ1) is 8.79. The van der Waals surface area contributed by atoms with E-state index in [-0.39, 0.29) is 11.5 Å². The summed E-state index contributed by atoms with van der Waals surface area (Å²) in [7, 11) is 1.70. The molecule has 0 saturated heterocycles. The van der Waals surface area contributed by atoms with Crippen LogP contribution >= 0.6 is 0 Å². The Morgan fingerprint density at radius 1 is 1.21 bits per heavy atom. The molecule has 108 valence electrons. The van der Waals surface area contributed by atoms with Gasteiger partial charge in [-0.25, -0.2) is 0 Å². The molecule has 0 aliphatic carbocycles. The summed E-state index contributed by atoms with van der Waals surface area (Å²) in [5, 5.41) is 0. The Hall–Kier alpha value is -0.900. The molecule has 3 N–H and O–H groups in total. The van der Waals surface area contributed by atoms with E-state index in [1.807, 2.05) is 0 Å². The first-order valence-corrected chi connectivity index (χ1v) is 6.85. The summed E-state index contributed by atoms with van der Waals surface area (Å²) < 4.78 is 5.18. The number of nitrogens with one attached hydrogen (secondary N) is 1. The smallest absolute Gasteiger partial charge is 0.0632 e. The lowest BCUT2D eigenvalue weighted by Gasteiger charge is -2.24. The van der Waals surface area contributed by atoms with Crippen molar-refractivity contribution in [2.45, 2.75) is 52.5 Å². The van der Waals surface area contributed by atoms with Gasteiger partial charge in [0.25, 0.3) is 0 Å². The van der Waals surface area contributed by atoms with E-state index in [1.54, 1.807) is 7.11 Å². The second kappa shape index (κ2) is 6.51. The Morgan fingerprint density at radius 2 is 1.74 bits per heavy atom. The number of hydrazine groups is 1. The third-order valence-electron chi connectivity index (χ3n) is 3.62. The van der Waals surface area contributed by atoms with Crippen LogP contribution in [0.4, 0.5) is 0 Å². The van der Waals surface area contributed by atoms with E-state index in [4.69, 9.17) is 10.6 Å². The van der Waals surface area contributed by atoms with E-state index in [0.717, 1.165) is 6.42 Å². The van der Waals surface area contributed by atoms with Gasteiger partial charge in [-0.15, -0.1) is 0 Å². The zero-order valence-corrected chi connectivity index (χ0v) is 13.1. The highest BCUT2D eigenvalue weighted by Gasteiger charge is 2.17. The number of methoxy groups -OCH3 is 1. The molecule has 1 rings (SSSR count). The molecule has 1 aromatic carbocycles. The molecule has 0 amide bonds. The van der Waals surface area contributed by atoms with E-state index in [0.29, 0.717) is 6.61 Å². The third kappa shape index (κ3) is 4.30. The summed E-state index contributed by atoms with van der Waals surface area (Å²) in [6, 6.07) is 4.74. The standard InChI is InChI=1S/C16H28N2O/c1-11-7-13(16(3,4)5)8-12(2)15(11)9-14(18-17)10-19-6/h7-8,14,18H,9-10,17H2,1-6H3. The van der Waals surface area contributed by atoms with E-state index >= 15 is 0 Å². The largest absolute Gasteiger partial charge is 0.383 e. The first kappa shape index (κ1) is 16.2. The van der Waals surface area contributed by atoms with E-state index < -0.39 is 0 Å². The van der Waals surface area contributed by atoms with Crippen molar-refractivity contribution < 1.29 is 4.74 Å². The van der Waals surface area contributed by atoms with Crippen LogP contribution in [-0.2, 0) is 16.6 Å². The molecule has 0 spiro atoms. The van der Waals surface area contributed by atoms with Crippen LogP contribution in [0.5, 0.6) is 0 Å². The van der Waals surface area contributed by atoms with Gasteiger partial charge in [0.05, 0.1) is 6.61 Å². The Kier molecular flexibility index (Phi) is 5.53. The van der Waals surface area contributed by atoms with Crippen molar-refractivity contribution in [3.05, 3.63) is 34.4 Å². The number of nitrogens with two attached hydrogens (primary N) is 1. The topological polar surface area (TPSA) is 47.3 Å². The van der Waals surface area contributed by atoms with Crippen molar-refractivity contribution >= 4 is 0 Å². The molecular weight excluding hydrogens is 236 g/mol. The van der Waals surface area contributed by atoms with Crippen LogP contribution in [0.3, 0.4) is 0 Å². The molecule has 0 aliphatic heterocycles. The Bertz CT molecular complexity index is 398. The zero-order chi connectivity index (χ0) is 14.6. The summed E-state index contributed by atoms with van der Waals surface area (Å²) in [4.78, 5) is 0. The first-order valence-electron chi connectivity index (χ1n) is 6.85. The third-order valence-corrected chi connectivity index (χ3v) is 3.62. The maximum atomic E-state index is 5.58. The predicted octanol–water partition coefficient (Wildman–Crippen LogP) is 2.62. The fourth-order valence-corrected chi connectivity index (χ4v) is 2.36. The molecule has 1 atom stereocenters. The lowest BCUT2D eigenvalue weighted by molar-refractivity contribution is 0.166. The van der Waals surface area contributed by atoms with Crippen LogP contribution in [0.2, 0.25) is 0 Å². The number of aryl methyl sites for hydroxylation is 2. The molecule has 0 radical (unpaired) electrons. The highest BCUT2D eigenvalue weighted by Crippen LogP contribution is 2.27. The SMILES string of the molecule is COCC(Cc1c(C)cc(C(C)(C)C)cc1C)NN. The summed E-state index contributed by atoms with van der Waals surface area (Å²) in [6.45, 7) is 11.7. The molecule has 0 aliphatic rings. The van der Waals surface area contributed by atoms with Crippen molar-refractivity contribution in [3.8, 4) is 0 Å². The summed E-state index contributed by atoms with van der Waals surface area (Å²) >= 11 is 0. The van der Waals surface area contributed by atoms with Gasteiger partial charge >= 0.3 is 0 Å². The molecule has 1 unspecified atom stereocenters. The molecule has 0 bridgehead atoms. The average Bonchev–Trinajstić information content (AvgIpc) is 2.30. The van der Waals surface area contributed by atoms with Crippen LogP contribution in [0, 0.1) is 13.8 Å². The van der Waals surface area contributed by atoms with Crippen molar-refractivity contribution in [2.75, 3.05) is 13.7 Å². The van der Waals surface area contributed by atoms with Gasteiger partial charge in [0.1, 0.15) is 0 Å². The van der Waals surface area contributed by atoms with E-state index in [1.165, 1.54) is 22.3 Å². The highest BCUT2D eigenvalue weighted by molar-refractivity contribution is 5.40. The van der Waals surface area contributed by atoms with Gasteiger partial charge in [0, 0.05) is 13.2 Å². The summed E-state index contributed by atoms with van der Waals surface area (Å²) in [5.74, 6) is 5.58. The molecule has 0 fully saturated rings. The molecule has 0 saturated carbocycles. The Morgan fingerprint density at radius 3 is 2.11 bits per heavy atom. The maximum Gasteiger partial charge on any atom is 0.0632 e. The fourth-order valence-electron chi connectivity index (χ4n) is 2.36. The van der Waals surface area contributed by atoms with Crippen LogP contribution < -0.4 is 11.3 Å². The number of rotatable bonds is 5. The maximum absolute atomic E-state index is 5.58. The van der Waals surface area contributed by atoms with Gasteiger partial charge in [0.2, 0.25) is 0 Å². The minimum atomic E-state index is 0.155. The lowest BCUT2D eigenvalue weighted by Crippen LogP contribution is -2.40. The Labute approximate surface area is 117 Å². The van der Waals surface area contributed by atoms with Crippen LogP contribution in [-0.4, -0.2) is 19.8 Å². The quantitative estimate of drug-likeness (QED) is 0.635. The van der Waals surface area contributed by atoms with Crippen LogP contribution in [0.1, 0.15) is 43.0 Å². The molecule has 0 heterocycles. The number of ether oxygens (including phenoxy) is 1. The van der Waals surface area contributed by atoms with Gasteiger partial charge in [-0.2, -0.15) is 0 Å². The van der Waals surface area contributed by atoms with Gasteiger partial charge in [-0.3, -0.25) is 11.3 Å². The number of hydrogen-bond donors (Lipinski definition) is 2. The van der Waals surface area contributed by atoms with Crippen LogP contribution in [0.25, 0.3) is 0 Å². The number of benzene rings is 1. The molecule has 3 nitrogen and oxygen atoms in total. The van der Waals surface area contributed by atoms with Gasteiger partial charge in [-0.1, -0.05) is 32.9 Å². The van der Waals surface area contributed by atoms with Crippen LogP contribution in [0.15, 0.2) is 12.1 Å². The van der Waals surface area contributed by atoms with Gasteiger partial charge in [0.15, 0.2) is 0 Å². The minimum absolute atomic E-state index is 0.155. The van der Waals surface area contributed by atoms with Crippen molar-refractivity contribution in [3.63, 3.8) is 0 Å². The molecule has 0 aromatic heterocycles. The predicted molar refractivity (Wildman–Crippen MR) is 81.3 cm³/mol. The molecule has 19 heavy (non-hydrogen) atoms. The zero-order valence-electron chi connectivity index (χ0n) is 13.1. The average molecular weight is 264 g/mol. The lowest BCUT2D eigenvalue weighted by atomic mass is 9.83. The summed E-state index contributed by atoms with van der Waals surface area (Å²) in [6.07, 6.45) is 0.895. The number of hydrogen-bond acceptors (Lipinski definition) is 3. The van der Waals surface area contributed by atoms with Gasteiger partial charge in [-0.05, 0) is 47.9 Å². The molecule has 1 aromatic rings.